The van der Waals surface area contributed by atoms with Crippen LogP contribution in [0.2, 0.25) is 0 Å². The molecule has 1 aliphatic heterocycles. The van der Waals surface area contributed by atoms with Crippen molar-refractivity contribution in [3.63, 3.8) is 0 Å². The SMILES string of the molecule is CNCC1CSc2ccc(Br)cc2N1C. The Morgan fingerprint density at radius 1 is 1.60 bits per heavy atom. The molecule has 1 aromatic rings. The number of benzene rings is 1. The van der Waals surface area contributed by atoms with E-state index in [1.54, 1.807) is 0 Å². The highest BCUT2D eigenvalue weighted by Crippen LogP contribution is 2.37. The summed E-state index contributed by atoms with van der Waals surface area (Å²) < 4.78 is 1.15. The third kappa shape index (κ3) is 2.32. The van der Waals surface area contributed by atoms with Gasteiger partial charge in [0.15, 0.2) is 0 Å². The molecular weight excluding hydrogens is 272 g/mol. The van der Waals surface area contributed by atoms with Crippen LogP contribution in [0.25, 0.3) is 0 Å². The number of halogens is 1. The van der Waals surface area contributed by atoms with Gasteiger partial charge < -0.3 is 10.2 Å². The van der Waals surface area contributed by atoms with Gasteiger partial charge >= 0.3 is 0 Å². The van der Waals surface area contributed by atoms with Crippen LogP contribution in [-0.4, -0.2) is 32.4 Å². The zero-order chi connectivity index (χ0) is 10.8. The molecule has 1 unspecified atom stereocenters. The predicted octanol–water partition coefficient (Wildman–Crippen LogP) is 2.58. The van der Waals surface area contributed by atoms with Crippen LogP contribution in [0.4, 0.5) is 5.69 Å². The number of rotatable bonds is 2. The summed E-state index contributed by atoms with van der Waals surface area (Å²) in [6, 6.07) is 7.08. The maximum atomic E-state index is 3.53. The monoisotopic (exact) mass is 286 g/mol. The van der Waals surface area contributed by atoms with Crippen molar-refractivity contribution in [1.29, 1.82) is 0 Å². The largest absolute Gasteiger partial charge is 0.369 e. The lowest BCUT2D eigenvalue weighted by atomic mass is 10.2. The Morgan fingerprint density at radius 3 is 3.13 bits per heavy atom. The Hall–Kier alpha value is -0.190. The number of thioether (sulfide) groups is 1. The molecule has 0 fully saturated rings. The summed E-state index contributed by atoms with van der Waals surface area (Å²) in [6.07, 6.45) is 0. The van der Waals surface area contributed by atoms with Gasteiger partial charge in [0.1, 0.15) is 0 Å². The van der Waals surface area contributed by atoms with Crippen LogP contribution in [-0.2, 0) is 0 Å². The molecule has 0 aromatic heterocycles. The molecule has 2 nitrogen and oxygen atoms in total. The van der Waals surface area contributed by atoms with Crippen molar-refractivity contribution in [3.8, 4) is 0 Å². The maximum absolute atomic E-state index is 3.53. The Bertz CT molecular complexity index is 356. The van der Waals surface area contributed by atoms with Gasteiger partial charge in [-0.25, -0.2) is 0 Å². The van der Waals surface area contributed by atoms with Gasteiger partial charge in [-0.1, -0.05) is 15.9 Å². The van der Waals surface area contributed by atoms with Crippen LogP contribution in [0, 0.1) is 0 Å². The molecule has 4 heteroatoms. The van der Waals surface area contributed by atoms with Crippen molar-refractivity contribution in [2.45, 2.75) is 10.9 Å². The van der Waals surface area contributed by atoms with E-state index in [1.165, 1.54) is 10.6 Å². The topological polar surface area (TPSA) is 15.3 Å². The fraction of sp³-hybridized carbons (Fsp3) is 0.455. The molecule has 15 heavy (non-hydrogen) atoms. The quantitative estimate of drug-likeness (QED) is 0.900. The third-order valence-electron chi connectivity index (χ3n) is 2.72. The van der Waals surface area contributed by atoms with Crippen molar-refractivity contribution >= 4 is 33.4 Å². The molecule has 0 bridgehead atoms. The Morgan fingerprint density at radius 2 is 2.40 bits per heavy atom. The molecule has 82 valence electrons. The van der Waals surface area contributed by atoms with E-state index in [2.05, 4.69) is 51.4 Å². The molecule has 1 aliphatic rings. The number of fused-ring (bicyclic) bond motifs is 1. The van der Waals surface area contributed by atoms with Gasteiger partial charge in [0.05, 0.1) is 11.7 Å². The molecule has 0 radical (unpaired) electrons. The third-order valence-corrected chi connectivity index (χ3v) is 4.42. The lowest BCUT2D eigenvalue weighted by Gasteiger charge is -2.35. The first-order valence-electron chi connectivity index (χ1n) is 5.02. The number of nitrogens with one attached hydrogen (secondary N) is 1. The molecule has 0 amide bonds. The number of hydrogen-bond acceptors (Lipinski definition) is 3. The second-order valence-electron chi connectivity index (χ2n) is 3.75. The fourth-order valence-electron chi connectivity index (χ4n) is 1.81. The fourth-order valence-corrected chi connectivity index (χ4v) is 3.39. The van der Waals surface area contributed by atoms with Gasteiger partial charge in [0.2, 0.25) is 0 Å². The van der Waals surface area contributed by atoms with Gasteiger partial charge in [-0.2, -0.15) is 0 Å². The Kier molecular flexibility index (Phi) is 3.59. The van der Waals surface area contributed by atoms with Crippen LogP contribution < -0.4 is 10.2 Å². The minimum atomic E-state index is 0.585. The zero-order valence-electron chi connectivity index (χ0n) is 8.96. The molecular formula is C11H15BrN2S. The Labute approximate surface area is 104 Å². The molecule has 0 aliphatic carbocycles. The second-order valence-corrected chi connectivity index (χ2v) is 5.72. The summed E-state index contributed by atoms with van der Waals surface area (Å²) in [5, 5.41) is 3.25. The van der Waals surface area contributed by atoms with Crippen LogP contribution >= 0.6 is 27.7 Å². The molecule has 1 aromatic carbocycles. The van der Waals surface area contributed by atoms with E-state index in [0.717, 1.165) is 16.8 Å². The van der Waals surface area contributed by atoms with Crippen molar-refractivity contribution in [3.05, 3.63) is 22.7 Å². The Balaban J connectivity index is 2.28. The van der Waals surface area contributed by atoms with Gasteiger partial charge in [0.25, 0.3) is 0 Å². The number of hydrogen-bond donors (Lipinski definition) is 1. The number of anilines is 1. The van der Waals surface area contributed by atoms with Crippen molar-refractivity contribution in [1.82, 2.24) is 5.32 Å². The highest BCUT2D eigenvalue weighted by molar-refractivity contribution is 9.10. The molecule has 2 rings (SSSR count). The molecule has 1 heterocycles. The van der Waals surface area contributed by atoms with Gasteiger partial charge in [-0.15, -0.1) is 11.8 Å². The van der Waals surface area contributed by atoms with Crippen molar-refractivity contribution in [2.24, 2.45) is 0 Å². The van der Waals surface area contributed by atoms with E-state index in [4.69, 9.17) is 0 Å². The summed E-state index contributed by atoms with van der Waals surface area (Å²) in [6.45, 7) is 1.04. The van der Waals surface area contributed by atoms with Crippen molar-refractivity contribution < 1.29 is 0 Å². The van der Waals surface area contributed by atoms with Crippen molar-refractivity contribution in [2.75, 3.05) is 31.3 Å². The van der Waals surface area contributed by atoms with Crippen LogP contribution in [0.15, 0.2) is 27.6 Å². The normalized spacial score (nSPS) is 20.2. The lowest BCUT2D eigenvalue weighted by Crippen LogP contribution is -2.43. The molecule has 0 saturated carbocycles. The van der Waals surface area contributed by atoms with E-state index in [1.807, 2.05) is 18.8 Å². The van der Waals surface area contributed by atoms with E-state index >= 15 is 0 Å². The highest BCUT2D eigenvalue weighted by atomic mass is 79.9. The molecule has 1 N–H and O–H groups in total. The van der Waals surface area contributed by atoms with E-state index < -0.39 is 0 Å². The number of nitrogens with zero attached hydrogens (tertiary/aromatic N) is 1. The standard InChI is InChI=1S/C11H15BrN2S/c1-13-6-9-7-15-11-4-3-8(12)5-10(11)14(9)2/h3-5,9,13H,6-7H2,1-2H3. The summed E-state index contributed by atoms with van der Waals surface area (Å²) >= 11 is 5.47. The smallest absolute Gasteiger partial charge is 0.0516 e. The molecule has 0 spiro atoms. The van der Waals surface area contributed by atoms with Crippen LogP contribution in [0.5, 0.6) is 0 Å². The minimum Gasteiger partial charge on any atom is -0.369 e. The molecule has 0 saturated heterocycles. The van der Waals surface area contributed by atoms with Gasteiger partial charge in [-0.3, -0.25) is 0 Å². The van der Waals surface area contributed by atoms with Crippen LogP contribution in [0.1, 0.15) is 0 Å². The lowest BCUT2D eigenvalue weighted by molar-refractivity contribution is 0.629. The predicted molar refractivity (Wildman–Crippen MR) is 71.0 cm³/mol. The van der Waals surface area contributed by atoms with E-state index in [0.29, 0.717) is 6.04 Å². The summed E-state index contributed by atoms with van der Waals surface area (Å²) in [5.74, 6) is 1.16. The zero-order valence-corrected chi connectivity index (χ0v) is 11.4. The first-order valence-corrected chi connectivity index (χ1v) is 6.80. The minimum absolute atomic E-state index is 0.585. The summed E-state index contributed by atoms with van der Waals surface area (Å²) in [7, 11) is 4.18. The van der Waals surface area contributed by atoms with E-state index in [9.17, 15) is 0 Å². The summed E-state index contributed by atoms with van der Waals surface area (Å²) in [4.78, 5) is 3.75. The van der Waals surface area contributed by atoms with Gasteiger partial charge in [-0.05, 0) is 25.2 Å². The highest BCUT2D eigenvalue weighted by Gasteiger charge is 2.23. The number of likely N-dealkylation sites (N-methyl/N-ethyl adjacent to an activating group) is 2. The average Bonchev–Trinajstić information content (AvgIpc) is 2.23. The van der Waals surface area contributed by atoms with E-state index in [-0.39, 0.29) is 0 Å². The first-order chi connectivity index (χ1) is 7.22. The maximum Gasteiger partial charge on any atom is 0.0516 e. The van der Waals surface area contributed by atoms with Crippen LogP contribution in [0.3, 0.4) is 0 Å². The van der Waals surface area contributed by atoms with Gasteiger partial charge in [0, 0.05) is 28.7 Å². The molecule has 1 atom stereocenters. The first kappa shape index (κ1) is 11.3. The summed E-state index contributed by atoms with van der Waals surface area (Å²) in [5.41, 5.74) is 1.33. The average molecular weight is 287 g/mol. The second kappa shape index (κ2) is 4.76.